The van der Waals surface area contributed by atoms with E-state index in [1.807, 2.05) is 50.2 Å². The third-order valence-electron chi connectivity index (χ3n) is 3.28. The first-order valence-corrected chi connectivity index (χ1v) is 6.50. The molecule has 0 radical (unpaired) electrons. The number of hydrogen-bond donors (Lipinski definition) is 3. The van der Waals surface area contributed by atoms with E-state index in [0.717, 1.165) is 22.5 Å². The van der Waals surface area contributed by atoms with Crippen LogP contribution in [0.4, 0.5) is 11.4 Å². The van der Waals surface area contributed by atoms with E-state index < -0.39 is 5.91 Å². The molecule has 0 aromatic heterocycles. The van der Waals surface area contributed by atoms with E-state index in [1.54, 1.807) is 6.07 Å². The van der Waals surface area contributed by atoms with Gasteiger partial charge >= 0.3 is 0 Å². The van der Waals surface area contributed by atoms with Crippen molar-refractivity contribution >= 4 is 17.3 Å². The van der Waals surface area contributed by atoms with E-state index in [4.69, 9.17) is 11.5 Å². The van der Waals surface area contributed by atoms with Crippen LogP contribution in [0.1, 0.15) is 34.5 Å². The van der Waals surface area contributed by atoms with Gasteiger partial charge in [0.05, 0.1) is 11.6 Å². The van der Waals surface area contributed by atoms with Crippen molar-refractivity contribution in [3.8, 4) is 0 Å². The van der Waals surface area contributed by atoms with E-state index in [9.17, 15) is 4.79 Å². The van der Waals surface area contributed by atoms with Crippen LogP contribution in [0.5, 0.6) is 0 Å². The van der Waals surface area contributed by atoms with Gasteiger partial charge in [0.15, 0.2) is 0 Å². The number of benzene rings is 2. The number of carbonyl (C=O) groups is 1. The van der Waals surface area contributed by atoms with Crippen LogP contribution in [0.2, 0.25) is 0 Å². The van der Waals surface area contributed by atoms with Gasteiger partial charge in [-0.1, -0.05) is 24.3 Å². The Balaban J connectivity index is 2.32. The van der Waals surface area contributed by atoms with Crippen molar-refractivity contribution in [1.29, 1.82) is 0 Å². The Hall–Kier alpha value is -2.49. The van der Waals surface area contributed by atoms with Gasteiger partial charge in [0.1, 0.15) is 0 Å². The lowest BCUT2D eigenvalue weighted by Crippen LogP contribution is -2.16. The number of rotatable bonds is 4. The minimum Gasteiger partial charge on any atom is -0.398 e. The van der Waals surface area contributed by atoms with Gasteiger partial charge in [0.25, 0.3) is 5.91 Å². The molecular formula is C16H19N3O. The molecule has 0 saturated heterocycles. The molecule has 0 heterocycles. The van der Waals surface area contributed by atoms with Crippen LogP contribution in [0.15, 0.2) is 42.5 Å². The summed E-state index contributed by atoms with van der Waals surface area (Å²) in [6.45, 7) is 3.97. The summed E-state index contributed by atoms with van der Waals surface area (Å²) in [6.07, 6.45) is 0. The summed E-state index contributed by atoms with van der Waals surface area (Å²) in [7, 11) is 0. The highest BCUT2D eigenvalue weighted by molar-refractivity contribution is 5.98. The van der Waals surface area contributed by atoms with Crippen LogP contribution in [0.25, 0.3) is 0 Å². The van der Waals surface area contributed by atoms with Crippen molar-refractivity contribution in [2.45, 2.75) is 19.9 Å². The second-order valence-electron chi connectivity index (χ2n) is 4.91. The van der Waals surface area contributed by atoms with Crippen LogP contribution in [-0.4, -0.2) is 5.91 Å². The number of carbonyl (C=O) groups excluding carboxylic acids is 1. The number of anilines is 2. The van der Waals surface area contributed by atoms with Crippen molar-refractivity contribution in [2.24, 2.45) is 5.73 Å². The predicted molar refractivity (Wildman–Crippen MR) is 82.6 cm³/mol. The van der Waals surface area contributed by atoms with Crippen LogP contribution in [0.3, 0.4) is 0 Å². The maximum absolute atomic E-state index is 11.5. The highest BCUT2D eigenvalue weighted by Gasteiger charge is 2.13. The Morgan fingerprint density at radius 1 is 1.20 bits per heavy atom. The van der Waals surface area contributed by atoms with Gasteiger partial charge in [-0.05, 0) is 43.2 Å². The van der Waals surface area contributed by atoms with Crippen molar-refractivity contribution in [2.75, 3.05) is 11.1 Å². The zero-order chi connectivity index (χ0) is 14.7. The Kier molecular flexibility index (Phi) is 3.94. The van der Waals surface area contributed by atoms with Crippen molar-refractivity contribution in [3.05, 3.63) is 59.2 Å². The standard InChI is InChI=1S/C16H19N3O/c1-10-7-8-13(16(18)20)15(9-10)19-11(2)12-5-3-4-6-14(12)17/h3-9,11,19H,17H2,1-2H3,(H2,18,20). The number of nitrogens with two attached hydrogens (primary N) is 2. The smallest absolute Gasteiger partial charge is 0.250 e. The predicted octanol–water partition coefficient (Wildman–Crippen LogP) is 2.85. The highest BCUT2D eigenvalue weighted by atomic mass is 16.1. The molecule has 0 spiro atoms. The average molecular weight is 269 g/mol. The van der Waals surface area contributed by atoms with Gasteiger partial charge in [0, 0.05) is 11.4 Å². The molecule has 0 bridgehead atoms. The Labute approximate surface area is 118 Å². The average Bonchev–Trinajstić information content (AvgIpc) is 2.38. The second kappa shape index (κ2) is 5.65. The second-order valence-corrected chi connectivity index (χ2v) is 4.91. The topological polar surface area (TPSA) is 81.1 Å². The summed E-state index contributed by atoms with van der Waals surface area (Å²) in [5, 5.41) is 3.31. The molecule has 5 N–H and O–H groups in total. The van der Waals surface area contributed by atoms with Gasteiger partial charge in [-0.25, -0.2) is 0 Å². The molecule has 0 aliphatic rings. The lowest BCUT2D eigenvalue weighted by Gasteiger charge is -2.19. The molecule has 20 heavy (non-hydrogen) atoms. The van der Waals surface area contributed by atoms with Gasteiger partial charge in [-0.3, -0.25) is 4.79 Å². The van der Waals surface area contributed by atoms with E-state index in [0.29, 0.717) is 5.56 Å². The van der Waals surface area contributed by atoms with Crippen LogP contribution in [0, 0.1) is 6.92 Å². The molecule has 2 rings (SSSR count). The zero-order valence-electron chi connectivity index (χ0n) is 11.7. The fourth-order valence-electron chi connectivity index (χ4n) is 2.21. The number of para-hydroxylation sites is 1. The summed E-state index contributed by atoms with van der Waals surface area (Å²) in [5.74, 6) is -0.444. The molecule has 0 aliphatic carbocycles. The van der Waals surface area contributed by atoms with Crippen LogP contribution < -0.4 is 16.8 Å². The quantitative estimate of drug-likeness (QED) is 0.746. The largest absolute Gasteiger partial charge is 0.398 e. The number of aryl methyl sites for hydroxylation is 1. The number of nitrogens with one attached hydrogen (secondary N) is 1. The van der Waals surface area contributed by atoms with Gasteiger partial charge in [-0.2, -0.15) is 0 Å². The summed E-state index contributed by atoms with van der Waals surface area (Å²) in [6, 6.07) is 13.2. The molecule has 1 amide bonds. The molecule has 0 saturated carbocycles. The molecule has 0 fully saturated rings. The number of nitrogen functional groups attached to an aromatic ring is 1. The van der Waals surface area contributed by atoms with Crippen molar-refractivity contribution < 1.29 is 4.79 Å². The fourth-order valence-corrected chi connectivity index (χ4v) is 2.21. The zero-order valence-corrected chi connectivity index (χ0v) is 11.7. The van der Waals surface area contributed by atoms with Crippen molar-refractivity contribution in [3.63, 3.8) is 0 Å². The summed E-state index contributed by atoms with van der Waals surface area (Å²) < 4.78 is 0. The van der Waals surface area contributed by atoms with E-state index in [1.165, 1.54) is 0 Å². The molecule has 1 unspecified atom stereocenters. The summed E-state index contributed by atoms with van der Waals surface area (Å²) >= 11 is 0. The minimum absolute atomic E-state index is 0.0175. The molecule has 4 heteroatoms. The summed E-state index contributed by atoms with van der Waals surface area (Å²) in [5.41, 5.74) is 15.4. The first-order chi connectivity index (χ1) is 9.49. The first kappa shape index (κ1) is 13.9. The monoisotopic (exact) mass is 269 g/mol. The lowest BCUT2D eigenvalue weighted by atomic mass is 10.0. The highest BCUT2D eigenvalue weighted by Crippen LogP contribution is 2.26. The van der Waals surface area contributed by atoms with Crippen LogP contribution >= 0.6 is 0 Å². The summed E-state index contributed by atoms with van der Waals surface area (Å²) in [4.78, 5) is 11.5. The maximum Gasteiger partial charge on any atom is 0.250 e. The number of primary amides is 1. The van der Waals surface area contributed by atoms with Gasteiger partial charge < -0.3 is 16.8 Å². The lowest BCUT2D eigenvalue weighted by molar-refractivity contribution is 0.100. The molecule has 2 aromatic carbocycles. The minimum atomic E-state index is -0.444. The number of amides is 1. The third kappa shape index (κ3) is 2.91. The molecule has 4 nitrogen and oxygen atoms in total. The van der Waals surface area contributed by atoms with E-state index in [-0.39, 0.29) is 6.04 Å². The van der Waals surface area contributed by atoms with Gasteiger partial charge in [-0.15, -0.1) is 0 Å². The third-order valence-corrected chi connectivity index (χ3v) is 3.28. The van der Waals surface area contributed by atoms with Gasteiger partial charge in [0.2, 0.25) is 0 Å². The fraction of sp³-hybridized carbons (Fsp3) is 0.188. The van der Waals surface area contributed by atoms with E-state index in [2.05, 4.69) is 5.32 Å². The molecule has 104 valence electrons. The molecular weight excluding hydrogens is 250 g/mol. The Morgan fingerprint density at radius 2 is 1.90 bits per heavy atom. The molecule has 0 aliphatic heterocycles. The Morgan fingerprint density at radius 3 is 2.55 bits per heavy atom. The molecule has 1 atom stereocenters. The molecule has 2 aromatic rings. The number of hydrogen-bond acceptors (Lipinski definition) is 3. The van der Waals surface area contributed by atoms with Crippen molar-refractivity contribution in [1.82, 2.24) is 0 Å². The first-order valence-electron chi connectivity index (χ1n) is 6.50. The van der Waals surface area contributed by atoms with E-state index >= 15 is 0 Å². The van der Waals surface area contributed by atoms with Crippen LogP contribution in [-0.2, 0) is 0 Å². The SMILES string of the molecule is Cc1ccc(C(N)=O)c(NC(C)c2ccccc2N)c1. The Bertz CT molecular complexity index is 637. The maximum atomic E-state index is 11.5. The normalized spacial score (nSPS) is 11.9.